The number of rotatable bonds is 9. The molecule has 0 bridgehead atoms. The zero-order valence-electron chi connectivity index (χ0n) is 15.6. The van der Waals surface area contributed by atoms with Crippen LogP contribution in [0.25, 0.3) is 0 Å². The highest BCUT2D eigenvalue weighted by Crippen LogP contribution is 2.17. The minimum Gasteiger partial charge on any atom is -0.372 e. The van der Waals surface area contributed by atoms with E-state index in [0.29, 0.717) is 25.1 Å². The molecule has 0 saturated carbocycles. The number of pyridine rings is 1. The minimum absolute atomic E-state index is 0.0732. The van der Waals surface area contributed by atoms with E-state index in [2.05, 4.69) is 29.8 Å². The number of carbonyl (C=O) groups is 1. The van der Waals surface area contributed by atoms with E-state index in [1.165, 1.54) is 0 Å². The zero-order valence-corrected chi connectivity index (χ0v) is 15.6. The van der Waals surface area contributed by atoms with Gasteiger partial charge < -0.3 is 9.80 Å². The third-order valence-electron chi connectivity index (χ3n) is 4.21. The number of nitrogens with zero attached hydrogens (tertiary/aromatic N) is 4. The molecule has 0 aliphatic carbocycles. The molecule has 0 atom stereocenters. The summed E-state index contributed by atoms with van der Waals surface area (Å²) in [5.41, 5.74) is 2.57. The first-order chi connectivity index (χ1) is 12.7. The highest BCUT2D eigenvalue weighted by molar-refractivity contribution is 5.94. The van der Waals surface area contributed by atoms with Gasteiger partial charge in [0.15, 0.2) is 0 Å². The first-order valence-electron chi connectivity index (χ1n) is 9.10. The van der Waals surface area contributed by atoms with Crippen molar-refractivity contribution in [2.75, 3.05) is 24.5 Å². The van der Waals surface area contributed by atoms with E-state index in [0.717, 1.165) is 30.9 Å². The zero-order chi connectivity index (χ0) is 18.8. The fourth-order valence-electron chi connectivity index (χ4n) is 2.86. The van der Waals surface area contributed by atoms with Gasteiger partial charge in [-0.2, -0.15) is 5.26 Å². The summed E-state index contributed by atoms with van der Waals surface area (Å²) in [5, 5.41) is 8.90. The van der Waals surface area contributed by atoms with Crippen LogP contribution in [0.2, 0.25) is 0 Å². The molecule has 1 aromatic heterocycles. The van der Waals surface area contributed by atoms with Crippen molar-refractivity contribution in [3.05, 3.63) is 59.9 Å². The van der Waals surface area contributed by atoms with Gasteiger partial charge >= 0.3 is 0 Å². The fraction of sp³-hybridized carbons (Fsp3) is 0.381. The van der Waals surface area contributed by atoms with Gasteiger partial charge in [0, 0.05) is 37.1 Å². The Morgan fingerprint density at radius 1 is 1.12 bits per heavy atom. The number of anilines is 1. The molecule has 0 N–H and O–H groups in total. The molecule has 0 unspecified atom stereocenters. The molecule has 5 heteroatoms. The molecule has 2 rings (SSSR count). The minimum atomic E-state index is -0.0732. The molecule has 0 aliphatic heterocycles. The fourth-order valence-corrected chi connectivity index (χ4v) is 2.86. The largest absolute Gasteiger partial charge is 0.372 e. The van der Waals surface area contributed by atoms with Gasteiger partial charge in [-0.1, -0.05) is 13.0 Å². The topological polar surface area (TPSA) is 60.2 Å². The predicted molar refractivity (Wildman–Crippen MR) is 104 cm³/mol. The highest BCUT2D eigenvalue weighted by atomic mass is 16.2. The van der Waals surface area contributed by atoms with E-state index in [-0.39, 0.29) is 5.91 Å². The lowest BCUT2D eigenvalue weighted by atomic mass is 10.1. The van der Waals surface area contributed by atoms with Crippen molar-refractivity contribution in [3.63, 3.8) is 0 Å². The van der Waals surface area contributed by atoms with E-state index in [9.17, 15) is 4.79 Å². The third kappa shape index (κ3) is 5.32. The van der Waals surface area contributed by atoms with Crippen LogP contribution >= 0.6 is 0 Å². The SMILES string of the molecule is CCCN(CC)c1ccc(C(=O)N(CCC#N)Cc2ccccn2)cc1. The summed E-state index contributed by atoms with van der Waals surface area (Å²) in [7, 11) is 0. The molecule has 1 heterocycles. The maximum atomic E-state index is 12.9. The van der Waals surface area contributed by atoms with Gasteiger partial charge in [-0.05, 0) is 49.7 Å². The number of hydrogen-bond donors (Lipinski definition) is 0. The predicted octanol–water partition coefficient (Wildman–Crippen LogP) is 3.87. The Hall–Kier alpha value is -2.87. The first kappa shape index (κ1) is 19.5. The quantitative estimate of drug-likeness (QED) is 0.689. The van der Waals surface area contributed by atoms with Crippen LogP contribution in [0.3, 0.4) is 0 Å². The van der Waals surface area contributed by atoms with Crippen molar-refractivity contribution in [2.24, 2.45) is 0 Å². The summed E-state index contributed by atoms with van der Waals surface area (Å²) < 4.78 is 0. The Morgan fingerprint density at radius 2 is 1.88 bits per heavy atom. The highest BCUT2D eigenvalue weighted by Gasteiger charge is 2.17. The average molecular weight is 350 g/mol. The lowest BCUT2D eigenvalue weighted by Gasteiger charge is -2.24. The molecule has 1 aromatic carbocycles. The van der Waals surface area contributed by atoms with Crippen LogP contribution in [-0.4, -0.2) is 35.4 Å². The van der Waals surface area contributed by atoms with E-state index in [4.69, 9.17) is 5.26 Å². The smallest absolute Gasteiger partial charge is 0.254 e. The molecule has 0 saturated heterocycles. The molecule has 1 amide bonds. The summed E-state index contributed by atoms with van der Waals surface area (Å²) in [4.78, 5) is 21.2. The Bertz CT molecular complexity index is 722. The van der Waals surface area contributed by atoms with E-state index in [1.807, 2.05) is 42.5 Å². The number of amides is 1. The average Bonchev–Trinajstić information content (AvgIpc) is 2.69. The van der Waals surface area contributed by atoms with Gasteiger partial charge in [0.1, 0.15) is 0 Å². The van der Waals surface area contributed by atoms with Crippen LogP contribution in [-0.2, 0) is 6.54 Å². The second kappa shape index (κ2) is 10.2. The van der Waals surface area contributed by atoms with Crippen molar-refractivity contribution in [2.45, 2.75) is 33.2 Å². The van der Waals surface area contributed by atoms with Crippen molar-refractivity contribution in [1.29, 1.82) is 5.26 Å². The number of carbonyl (C=O) groups excluding carboxylic acids is 1. The van der Waals surface area contributed by atoms with Gasteiger partial charge in [-0.3, -0.25) is 9.78 Å². The van der Waals surface area contributed by atoms with Gasteiger partial charge in [0.05, 0.1) is 24.7 Å². The normalized spacial score (nSPS) is 10.2. The lowest BCUT2D eigenvalue weighted by Crippen LogP contribution is -2.32. The summed E-state index contributed by atoms with van der Waals surface area (Å²) in [5.74, 6) is -0.0732. The molecule has 0 spiro atoms. The number of nitriles is 1. The standard InChI is InChI=1S/C21H26N4O/c1-3-15-24(4-2)20-11-9-18(10-12-20)21(26)25(16-7-13-22)17-19-8-5-6-14-23-19/h5-6,8-12,14H,3-4,7,15-17H2,1-2H3. The van der Waals surface area contributed by atoms with Crippen LogP contribution in [0.5, 0.6) is 0 Å². The molecule has 5 nitrogen and oxygen atoms in total. The Labute approximate surface area is 155 Å². The summed E-state index contributed by atoms with van der Waals surface area (Å²) in [6.45, 7) is 7.02. The van der Waals surface area contributed by atoms with Crippen LogP contribution < -0.4 is 4.90 Å². The number of benzene rings is 1. The molecule has 136 valence electrons. The van der Waals surface area contributed by atoms with Crippen LogP contribution in [0, 0.1) is 11.3 Å². The van der Waals surface area contributed by atoms with Gasteiger partial charge in [-0.25, -0.2) is 0 Å². The van der Waals surface area contributed by atoms with Crippen molar-refractivity contribution in [1.82, 2.24) is 9.88 Å². The maximum absolute atomic E-state index is 12.9. The van der Waals surface area contributed by atoms with Crippen molar-refractivity contribution >= 4 is 11.6 Å². The Morgan fingerprint density at radius 3 is 2.46 bits per heavy atom. The Balaban J connectivity index is 2.15. The second-order valence-electron chi connectivity index (χ2n) is 6.08. The van der Waals surface area contributed by atoms with Gasteiger partial charge in [0.25, 0.3) is 5.91 Å². The van der Waals surface area contributed by atoms with Crippen LogP contribution in [0.1, 0.15) is 42.7 Å². The van der Waals surface area contributed by atoms with Crippen LogP contribution in [0.4, 0.5) is 5.69 Å². The van der Waals surface area contributed by atoms with Gasteiger partial charge in [-0.15, -0.1) is 0 Å². The van der Waals surface area contributed by atoms with E-state index < -0.39 is 0 Å². The van der Waals surface area contributed by atoms with Crippen molar-refractivity contribution < 1.29 is 4.79 Å². The first-order valence-corrected chi connectivity index (χ1v) is 9.10. The molecule has 2 aromatic rings. The molecule has 0 fully saturated rings. The third-order valence-corrected chi connectivity index (χ3v) is 4.21. The Kier molecular flexibility index (Phi) is 7.63. The van der Waals surface area contributed by atoms with Crippen LogP contribution in [0.15, 0.2) is 48.7 Å². The van der Waals surface area contributed by atoms with Crippen molar-refractivity contribution in [3.8, 4) is 6.07 Å². The van der Waals surface area contributed by atoms with E-state index >= 15 is 0 Å². The molecule has 26 heavy (non-hydrogen) atoms. The number of aromatic nitrogens is 1. The monoisotopic (exact) mass is 350 g/mol. The summed E-state index contributed by atoms with van der Waals surface area (Å²) >= 11 is 0. The van der Waals surface area contributed by atoms with E-state index in [1.54, 1.807) is 11.1 Å². The van der Waals surface area contributed by atoms with Gasteiger partial charge in [0.2, 0.25) is 0 Å². The number of hydrogen-bond acceptors (Lipinski definition) is 4. The molecule has 0 radical (unpaired) electrons. The molecular formula is C21H26N4O. The second-order valence-corrected chi connectivity index (χ2v) is 6.08. The summed E-state index contributed by atoms with van der Waals surface area (Å²) in [6, 6.07) is 15.5. The lowest BCUT2D eigenvalue weighted by molar-refractivity contribution is 0.0745. The summed E-state index contributed by atoms with van der Waals surface area (Å²) in [6.07, 6.45) is 3.10. The molecule has 0 aliphatic rings. The molecular weight excluding hydrogens is 324 g/mol. The maximum Gasteiger partial charge on any atom is 0.254 e.